The van der Waals surface area contributed by atoms with Crippen LogP contribution in [0.5, 0.6) is 0 Å². The first-order valence-corrected chi connectivity index (χ1v) is 14.2. The number of benzene rings is 2. The second kappa shape index (κ2) is 11.9. The van der Waals surface area contributed by atoms with Gasteiger partial charge in [0.05, 0.1) is 11.9 Å². The molecule has 1 unspecified atom stereocenters. The minimum atomic E-state index is -3.79. The van der Waals surface area contributed by atoms with E-state index in [1.165, 1.54) is 17.4 Å². The lowest BCUT2D eigenvalue weighted by Gasteiger charge is -2.33. The number of aryl methyl sites for hydroxylation is 1. The molecule has 190 valence electrons. The first-order chi connectivity index (χ1) is 16.6. The van der Waals surface area contributed by atoms with Gasteiger partial charge >= 0.3 is 0 Å². The second-order valence-corrected chi connectivity index (χ2v) is 11.6. The molecule has 9 heteroatoms. The molecule has 0 spiro atoms. The molecule has 0 bridgehead atoms. The predicted octanol–water partition coefficient (Wildman–Crippen LogP) is 4.28. The van der Waals surface area contributed by atoms with Gasteiger partial charge in [0.25, 0.3) is 0 Å². The van der Waals surface area contributed by atoms with Crippen molar-refractivity contribution < 1.29 is 18.0 Å². The average molecular weight is 520 g/mol. The molecule has 2 aromatic rings. The van der Waals surface area contributed by atoms with Crippen molar-refractivity contribution >= 4 is 39.1 Å². The Morgan fingerprint density at radius 3 is 2.40 bits per heavy atom. The van der Waals surface area contributed by atoms with Gasteiger partial charge in [0.1, 0.15) is 12.6 Å². The summed E-state index contributed by atoms with van der Waals surface area (Å²) >= 11 is 6.08. The molecule has 7 nitrogen and oxygen atoms in total. The van der Waals surface area contributed by atoms with Crippen LogP contribution >= 0.6 is 11.6 Å². The maximum absolute atomic E-state index is 13.6. The molecule has 1 N–H and O–H groups in total. The fraction of sp³-hybridized carbons (Fsp3) is 0.462. The maximum atomic E-state index is 13.6. The number of hydrogen-bond donors (Lipinski definition) is 1. The smallest absolute Gasteiger partial charge is 0.244 e. The van der Waals surface area contributed by atoms with Crippen molar-refractivity contribution in [2.45, 2.75) is 64.6 Å². The van der Waals surface area contributed by atoms with Gasteiger partial charge in [-0.3, -0.25) is 13.9 Å². The summed E-state index contributed by atoms with van der Waals surface area (Å²) in [6, 6.07) is 13.3. The molecule has 0 heterocycles. The van der Waals surface area contributed by atoms with Gasteiger partial charge < -0.3 is 10.2 Å². The molecule has 1 saturated carbocycles. The third-order valence-electron chi connectivity index (χ3n) is 6.50. The van der Waals surface area contributed by atoms with Crippen LogP contribution in [0, 0.1) is 6.92 Å². The number of halogens is 1. The summed E-state index contributed by atoms with van der Waals surface area (Å²) < 4.78 is 26.3. The largest absolute Gasteiger partial charge is 0.352 e. The lowest BCUT2D eigenvalue weighted by Crippen LogP contribution is -2.53. The van der Waals surface area contributed by atoms with Crippen LogP contribution in [0.3, 0.4) is 0 Å². The van der Waals surface area contributed by atoms with Crippen molar-refractivity contribution in [3.05, 3.63) is 64.7 Å². The summed E-state index contributed by atoms with van der Waals surface area (Å²) in [5.41, 5.74) is 2.18. The van der Waals surface area contributed by atoms with Crippen LogP contribution in [0.4, 0.5) is 5.69 Å². The molecule has 35 heavy (non-hydrogen) atoms. The molecule has 0 saturated heterocycles. The molecule has 1 aliphatic rings. The molecule has 2 aromatic carbocycles. The van der Waals surface area contributed by atoms with E-state index in [0.29, 0.717) is 10.7 Å². The Bertz CT molecular complexity index is 1150. The highest BCUT2D eigenvalue weighted by atomic mass is 35.5. The summed E-state index contributed by atoms with van der Waals surface area (Å²) in [5.74, 6) is -0.697. The highest BCUT2D eigenvalue weighted by molar-refractivity contribution is 7.92. The van der Waals surface area contributed by atoms with Gasteiger partial charge in [0.15, 0.2) is 0 Å². The molecule has 0 aliphatic heterocycles. The molecule has 2 amide bonds. The fourth-order valence-corrected chi connectivity index (χ4v) is 5.39. The second-order valence-electron chi connectivity index (χ2n) is 9.22. The summed E-state index contributed by atoms with van der Waals surface area (Å²) in [4.78, 5) is 28.3. The predicted molar refractivity (Wildman–Crippen MR) is 140 cm³/mol. The third kappa shape index (κ3) is 7.45. The molecular formula is C26H34ClN3O4S. The van der Waals surface area contributed by atoms with Crippen LogP contribution in [0.1, 0.15) is 50.2 Å². The standard InChI is InChI=1S/C26H34ClN3O4S/c1-19-10-7-8-11-21(19)17-29(20(2)26(32)28-23-13-5-4-6-14-23)25(31)18-30(35(3,33)34)24-15-9-12-22(27)16-24/h7-12,15-16,20,23H,4-6,13-14,17-18H2,1-3H3,(H,28,32). The van der Waals surface area contributed by atoms with Crippen molar-refractivity contribution in [2.24, 2.45) is 0 Å². The van der Waals surface area contributed by atoms with Crippen molar-refractivity contribution in [3.63, 3.8) is 0 Å². The minimum absolute atomic E-state index is 0.105. The van der Waals surface area contributed by atoms with Crippen molar-refractivity contribution in [2.75, 3.05) is 17.1 Å². The van der Waals surface area contributed by atoms with Crippen molar-refractivity contribution in [3.8, 4) is 0 Å². The summed E-state index contributed by atoms with van der Waals surface area (Å²) in [7, 11) is -3.79. The average Bonchev–Trinajstić information content (AvgIpc) is 2.81. The highest BCUT2D eigenvalue weighted by Crippen LogP contribution is 2.23. The lowest BCUT2D eigenvalue weighted by molar-refractivity contribution is -0.139. The van der Waals surface area contributed by atoms with Crippen molar-refractivity contribution in [1.29, 1.82) is 0 Å². The number of carbonyl (C=O) groups is 2. The van der Waals surface area contributed by atoms with Crippen LogP contribution in [0.25, 0.3) is 0 Å². The van der Waals surface area contributed by atoms with E-state index in [0.717, 1.165) is 47.4 Å². The highest BCUT2D eigenvalue weighted by Gasteiger charge is 2.31. The van der Waals surface area contributed by atoms with Crippen LogP contribution < -0.4 is 9.62 Å². The van der Waals surface area contributed by atoms with Crippen LogP contribution in [0.2, 0.25) is 5.02 Å². The first kappa shape index (κ1) is 27.0. The van der Waals surface area contributed by atoms with E-state index in [2.05, 4.69) is 5.32 Å². The van der Waals surface area contributed by atoms with E-state index in [4.69, 9.17) is 11.6 Å². The Hall–Kier alpha value is -2.58. The van der Waals surface area contributed by atoms with E-state index >= 15 is 0 Å². The van der Waals surface area contributed by atoms with Gasteiger partial charge in [-0.25, -0.2) is 8.42 Å². The monoisotopic (exact) mass is 519 g/mol. The molecule has 1 fully saturated rings. The van der Waals surface area contributed by atoms with Crippen LogP contribution in [-0.2, 0) is 26.2 Å². The van der Waals surface area contributed by atoms with Gasteiger partial charge in [0, 0.05) is 17.6 Å². The van der Waals surface area contributed by atoms with E-state index in [1.807, 2.05) is 31.2 Å². The number of hydrogen-bond acceptors (Lipinski definition) is 4. The van der Waals surface area contributed by atoms with E-state index in [1.54, 1.807) is 25.1 Å². The van der Waals surface area contributed by atoms with E-state index in [-0.39, 0.29) is 18.5 Å². The maximum Gasteiger partial charge on any atom is 0.244 e. The fourth-order valence-electron chi connectivity index (χ4n) is 4.37. The molecule has 3 rings (SSSR count). The number of rotatable bonds is 9. The Balaban J connectivity index is 1.88. The number of anilines is 1. The Morgan fingerprint density at radius 1 is 1.09 bits per heavy atom. The Labute approximate surface area is 213 Å². The molecular weight excluding hydrogens is 486 g/mol. The summed E-state index contributed by atoms with van der Waals surface area (Å²) in [5, 5.41) is 3.46. The summed E-state index contributed by atoms with van der Waals surface area (Å²) in [6.45, 7) is 3.39. The molecule has 1 atom stereocenters. The SMILES string of the molecule is Cc1ccccc1CN(C(=O)CN(c1cccc(Cl)c1)S(C)(=O)=O)C(C)C(=O)NC1CCCCC1. The number of carbonyl (C=O) groups excluding carboxylic acids is 2. The van der Waals surface area contributed by atoms with E-state index < -0.39 is 28.5 Å². The number of nitrogens with zero attached hydrogens (tertiary/aromatic N) is 2. The van der Waals surface area contributed by atoms with Crippen LogP contribution in [-0.4, -0.2) is 50.0 Å². The normalized spacial score (nSPS) is 15.3. The quantitative estimate of drug-likeness (QED) is 0.535. The van der Waals surface area contributed by atoms with Gasteiger partial charge in [-0.2, -0.15) is 0 Å². The zero-order chi connectivity index (χ0) is 25.6. The van der Waals surface area contributed by atoms with Crippen molar-refractivity contribution in [1.82, 2.24) is 10.2 Å². The number of amides is 2. The Morgan fingerprint density at radius 2 is 1.77 bits per heavy atom. The van der Waals surface area contributed by atoms with Crippen LogP contribution in [0.15, 0.2) is 48.5 Å². The number of nitrogens with one attached hydrogen (secondary N) is 1. The van der Waals surface area contributed by atoms with Gasteiger partial charge in [0.2, 0.25) is 21.8 Å². The van der Waals surface area contributed by atoms with Gasteiger partial charge in [-0.15, -0.1) is 0 Å². The number of sulfonamides is 1. The lowest BCUT2D eigenvalue weighted by atomic mass is 9.95. The first-order valence-electron chi connectivity index (χ1n) is 11.9. The third-order valence-corrected chi connectivity index (χ3v) is 7.87. The molecule has 0 aromatic heterocycles. The minimum Gasteiger partial charge on any atom is -0.352 e. The van der Waals surface area contributed by atoms with Gasteiger partial charge in [-0.1, -0.05) is 61.2 Å². The zero-order valence-corrected chi connectivity index (χ0v) is 22.1. The summed E-state index contributed by atoms with van der Waals surface area (Å²) in [6.07, 6.45) is 6.24. The van der Waals surface area contributed by atoms with E-state index in [9.17, 15) is 18.0 Å². The molecule has 0 radical (unpaired) electrons. The Kier molecular flexibility index (Phi) is 9.19. The topological polar surface area (TPSA) is 86.8 Å². The molecule has 1 aliphatic carbocycles. The zero-order valence-electron chi connectivity index (χ0n) is 20.5. The van der Waals surface area contributed by atoms with Gasteiger partial charge in [-0.05, 0) is 56.0 Å².